The van der Waals surface area contributed by atoms with E-state index in [1.807, 2.05) is 6.07 Å². The number of aromatic amines is 1. The Morgan fingerprint density at radius 2 is 2.38 bits per heavy atom. The summed E-state index contributed by atoms with van der Waals surface area (Å²) in [5.74, 6) is 0.150. The van der Waals surface area contributed by atoms with Gasteiger partial charge >= 0.3 is 0 Å². The van der Waals surface area contributed by atoms with Crippen LogP contribution >= 0.6 is 0 Å². The average Bonchev–Trinajstić information content (AvgIpc) is 2.51. The van der Waals surface area contributed by atoms with Gasteiger partial charge in [-0.2, -0.15) is 0 Å². The van der Waals surface area contributed by atoms with Crippen LogP contribution in [0, 0.1) is 0 Å². The Morgan fingerprint density at radius 3 is 3.15 bits per heavy atom. The lowest BCUT2D eigenvalue weighted by atomic mass is 10.2. The van der Waals surface area contributed by atoms with Crippen LogP contribution in [0.15, 0.2) is 24.5 Å². The molecule has 4 nitrogen and oxygen atoms in total. The summed E-state index contributed by atoms with van der Waals surface area (Å²) in [7, 11) is 0. The van der Waals surface area contributed by atoms with E-state index in [1.54, 1.807) is 18.5 Å². The van der Waals surface area contributed by atoms with Crippen LogP contribution in [0.3, 0.4) is 0 Å². The molecule has 0 aliphatic heterocycles. The lowest BCUT2D eigenvalue weighted by Gasteiger charge is -1.98. The number of hydrogen-bond donors (Lipinski definition) is 2. The molecule has 0 aliphatic rings. The zero-order chi connectivity index (χ0) is 9.26. The first-order chi connectivity index (χ1) is 6.27. The molecular weight excluding hydrogens is 188 g/mol. The number of hydrogen-bond acceptors (Lipinski definition) is 2. The predicted molar refractivity (Wildman–Crippen MR) is 50.6 cm³/mol. The number of fused-ring (bicyclic) bond motifs is 1. The van der Waals surface area contributed by atoms with Gasteiger partial charge < -0.3 is 9.54 Å². The van der Waals surface area contributed by atoms with E-state index in [0.717, 1.165) is 16.6 Å². The van der Waals surface area contributed by atoms with Crippen molar-refractivity contribution in [3.63, 3.8) is 0 Å². The predicted octanol–water partition coefficient (Wildman–Crippen LogP) is 1.28. The number of aromatic nitrogens is 2. The second-order valence-electron chi connectivity index (χ2n) is 2.68. The summed E-state index contributed by atoms with van der Waals surface area (Å²) in [6.07, 6.45) is 3.39. The topological polar surface area (TPSA) is 66.0 Å². The SMILES string of the molecule is O=S(O)Cc1ccnc2[nH]ccc12. The van der Waals surface area contributed by atoms with E-state index in [9.17, 15) is 4.21 Å². The number of nitrogens with zero attached hydrogens (tertiary/aromatic N) is 1. The zero-order valence-corrected chi connectivity index (χ0v) is 7.54. The summed E-state index contributed by atoms with van der Waals surface area (Å²) in [5.41, 5.74) is 1.59. The fraction of sp³-hybridized carbons (Fsp3) is 0.125. The second kappa shape index (κ2) is 3.27. The van der Waals surface area contributed by atoms with Crippen LogP contribution in [-0.4, -0.2) is 18.7 Å². The summed E-state index contributed by atoms with van der Waals surface area (Å²) in [6.45, 7) is 0. The lowest BCUT2D eigenvalue weighted by Crippen LogP contribution is -1.93. The van der Waals surface area contributed by atoms with E-state index in [2.05, 4.69) is 9.97 Å². The fourth-order valence-electron chi connectivity index (χ4n) is 1.28. The molecule has 0 radical (unpaired) electrons. The average molecular weight is 196 g/mol. The van der Waals surface area contributed by atoms with Gasteiger partial charge in [-0.05, 0) is 17.7 Å². The molecule has 1 atom stereocenters. The first-order valence-corrected chi connectivity index (χ1v) is 5.03. The number of pyridine rings is 1. The summed E-state index contributed by atoms with van der Waals surface area (Å²) in [4.78, 5) is 7.01. The smallest absolute Gasteiger partial charge is 0.157 e. The minimum Gasteiger partial charge on any atom is -0.346 e. The van der Waals surface area contributed by atoms with Gasteiger partial charge in [0, 0.05) is 17.8 Å². The molecule has 0 saturated carbocycles. The first kappa shape index (κ1) is 8.40. The van der Waals surface area contributed by atoms with Gasteiger partial charge in [0.05, 0.1) is 5.75 Å². The van der Waals surface area contributed by atoms with Crippen molar-refractivity contribution in [1.29, 1.82) is 0 Å². The van der Waals surface area contributed by atoms with Crippen molar-refractivity contribution in [2.75, 3.05) is 0 Å². The summed E-state index contributed by atoms with van der Waals surface area (Å²) < 4.78 is 19.4. The molecule has 2 aromatic heterocycles. The monoisotopic (exact) mass is 196 g/mol. The van der Waals surface area contributed by atoms with Crippen LogP contribution in [0.1, 0.15) is 5.56 Å². The van der Waals surface area contributed by atoms with Crippen LogP contribution in [0.4, 0.5) is 0 Å². The highest BCUT2D eigenvalue weighted by Gasteiger charge is 2.04. The molecule has 2 rings (SSSR count). The molecule has 5 heteroatoms. The standard InChI is InChI=1S/C8H8N2O2S/c11-13(12)5-6-1-3-9-8-7(6)2-4-10-8/h1-4H,5H2,(H,9,10)(H,11,12). The largest absolute Gasteiger partial charge is 0.346 e. The lowest BCUT2D eigenvalue weighted by molar-refractivity contribution is 0.563. The Kier molecular flexibility index (Phi) is 2.12. The minimum atomic E-state index is -1.80. The van der Waals surface area contributed by atoms with Gasteiger partial charge in [0.15, 0.2) is 11.1 Å². The molecule has 2 heterocycles. The van der Waals surface area contributed by atoms with Gasteiger partial charge in [0.2, 0.25) is 0 Å². The molecule has 0 amide bonds. The Hall–Kier alpha value is -1.20. The number of rotatable bonds is 2. The van der Waals surface area contributed by atoms with E-state index in [-0.39, 0.29) is 5.75 Å². The van der Waals surface area contributed by atoms with Crippen molar-refractivity contribution in [3.05, 3.63) is 30.1 Å². The van der Waals surface area contributed by atoms with Crippen molar-refractivity contribution in [2.24, 2.45) is 0 Å². The molecule has 0 bridgehead atoms. The van der Waals surface area contributed by atoms with E-state index in [4.69, 9.17) is 4.55 Å². The van der Waals surface area contributed by atoms with E-state index in [0.29, 0.717) is 0 Å². The van der Waals surface area contributed by atoms with Crippen molar-refractivity contribution in [2.45, 2.75) is 5.75 Å². The highest BCUT2D eigenvalue weighted by atomic mass is 32.2. The molecule has 0 aromatic carbocycles. The van der Waals surface area contributed by atoms with Gasteiger partial charge in [0.25, 0.3) is 0 Å². The quantitative estimate of drug-likeness (QED) is 0.711. The van der Waals surface area contributed by atoms with Crippen molar-refractivity contribution >= 4 is 22.1 Å². The van der Waals surface area contributed by atoms with Crippen molar-refractivity contribution in [1.82, 2.24) is 9.97 Å². The molecule has 0 spiro atoms. The van der Waals surface area contributed by atoms with Crippen LogP contribution < -0.4 is 0 Å². The van der Waals surface area contributed by atoms with Gasteiger partial charge in [-0.25, -0.2) is 9.19 Å². The highest BCUT2D eigenvalue weighted by Crippen LogP contribution is 2.15. The zero-order valence-electron chi connectivity index (χ0n) is 6.73. The van der Waals surface area contributed by atoms with Crippen LogP contribution in [0.2, 0.25) is 0 Å². The van der Waals surface area contributed by atoms with Gasteiger partial charge in [-0.15, -0.1) is 0 Å². The van der Waals surface area contributed by atoms with Gasteiger partial charge in [-0.1, -0.05) is 0 Å². The molecule has 0 saturated heterocycles. The Morgan fingerprint density at radius 1 is 1.54 bits per heavy atom. The molecule has 2 N–H and O–H groups in total. The summed E-state index contributed by atoms with van der Waals surface area (Å²) in [6, 6.07) is 3.61. The summed E-state index contributed by atoms with van der Waals surface area (Å²) in [5, 5.41) is 0.907. The Labute approximate surface area is 77.3 Å². The van der Waals surface area contributed by atoms with E-state index >= 15 is 0 Å². The Balaban J connectivity index is 2.54. The maximum atomic E-state index is 10.6. The minimum absolute atomic E-state index is 0.150. The normalized spacial score (nSPS) is 13.3. The summed E-state index contributed by atoms with van der Waals surface area (Å²) >= 11 is -1.80. The number of H-pyrrole nitrogens is 1. The van der Waals surface area contributed by atoms with Crippen molar-refractivity contribution in [3.8, 4) is 0 Å². The van der Waals surface area contributed by atoms with Crippen LogP contribution in [0.5, 0.6) is 0 Å². The molecule has 2 aromatic rings. The highest BCUT2D eigenvalue weighted by molar-refractivity contribution is 7.78. The maximum Gasteiger partial charge on any atom is 0.157 e. The van der Waals surface area contributed by atoms with Crippen LogP contribution in [-0.2, 0) is 16.8 Å². The third-order valence-electron chi connectivity index (χ3n) is 1.83. The molecular formula is C8H8N2O2S. The molecule has 13 heavy (non-hydrogen) atoms. The van der Waals surface area contributed by atoms with E-state index in [1.165, 1.54) is 0 Å². The van der Waals surface area contributed by atoms with E-state index < -0.39 is 11.1 Å². The van der Waals surface area contributed by atoms with Gasteiger partial charge in [0.1, 0.15) is 5.65 Å². The third kappa shape index (κ3) is 1.61. The maximum absolute atomic E-state index is 10.6. The fourth-order valence-corrected chi connectivity index (χ4v) is 1.79. The second-order valence-corrected chi connectivity index (χ2v) is 3.61. The molecule has 0 fully saturated rings. The number of nitrogens with one attached hydrogen (secondary N) is 1. The van der Waals surface area contributed by atoms with Gasteiger partial charge in [-0.3, -0.25) is 0 Å². The van der Waals surface area contributed by atoms with Crippen molar-refractivity contribution < 1.29 is 8.76 Å². The first-order valence-electron chi connectivity index (χ1n) is 3.76. The molecule has 0 aliphatic carbocycles. The molecule has 68 valence electrons. The Bertz CT molecular complexity index is 452. The van der Waals surface area contributed by atoms with Crippen LogP contribution in [0.25, 0.3) is 11.0 Å². The third-order valence-corrected chi connectivity index (χ3v) is 2.39. The molecule has 1 unspecified atom stereocenters.